The van der Waals surface area contributed by atoms with E-state index in [1.807, 2.05) is 54.1 Å². The standard InChI is InChI=1S/C27H23N5O3S/c1-19-10-8-9-15-22(19)31-17-16-28-26(31)36-18-23(33)30-32-24(34)27(29-25(32)35,20-11-4-2-5-12-20)21-13-6-3-7-14-21/h2-17H,18H2,1H3,(H,29,35)(H,30,33). The summed E-state index contributed by atoms with van der Waals surface area (Å²) in [6, 6.07) is 25.1. The third kappa shape index (κ3) is 4.14. The van der Waals surface area contributed by atoms with Gasteiger partial charge in [0.15, 0.2) is 10.7 Å². The maximum Gasteiger partial charge on any atom is 0.344 e. The Labute approximate surface area is 212 Å². The number of hydrogen-bond donors (Lipinski definition) is 2. The Morgan fingerprint density at radius 1 is 0.944 bits per heavy atom. The smallest absolute Gasteiger partial charge is 0.314 e. The third-order valence-electron chi connectivity index (χ3n) is 5.99. The zero-order valence-electron chi connectivity index (χ0n) is 19.4. The Balaban J connectivity index is 1.35. The highest BCUT2D eigenvalue weighted by molar-refractivity contribution is 7.99. The molecular formula is C27H23N5O3S. The van der Waals surface area contributed by atoms with Crippen molar-refractivity contribution in [3.63, 3.8) is 0 Å². The number of aryl methyl sites for hydroxylation is 1. The van der Waals surface area contributed by atoms with Crippen LogP contribution < -0.4 is 10.7 Å². The van der Waals surface area contributed by atoms with Crippen LogP contribution >= 0.6 is 11.8 Å². The summed E-state index contributed by atoms with van der Waals surface area (Å²) in [5.74, 6) is -1.12. The van der Waals surface area contributed by atoms with E-state index in [2.05, 4.69) is 15.7 Å². The van der Waals surface area contributed by atoms with Gasteiger partial charge in [0, 0.05) is 12.4 Å². The molecule has 180 valence electrons. The van der Waals surface area contributed by atoms with Crippen LogP contribution in [0.15, 0.2) is 102 Å². The second kappa shape index (κ2) is 9.71. The van der Waals surface area contributed by atoms with Crippen molar-refractivity contribution in [1.29, 1.82) is 0 Å². The van der Waals surface area contributed by atoms with E-state index in [9.17, 15) is 14.4 Å². The van der Waals surface area contributed by atoms with Crippen LogP contribution in [0.3, 0.4) is 0 Å². The number of hydrazine groups is 1. The highest BCUT2D eigenvalue weighted by Gasteiger charge is 2.54. The maximum atomic E-state index is 13.7. The molecular weight excluding hydrogens is 474 g/mol. The number of nitrogens with one attached hydrogen (secondary N) is 2. The van der Waals surface area contributed by atoms with E-state index in [0.717, 1.165) is 16.3 Å². The highest BCUT2D eigenvalue weighted by atomic mass is 32.2. The van der Waals surface area contributed by atoms with Crippen molar-refractivity contribution >= 4 is 29.6 Å². The number of carbonyl (C=O) groups excluding carboxylic acids is 3. The average Bonchev–Trinajstić information content (AvgIpc) is 3.47. The minimum atomic E-state index is -1.44. The number of thioether (sulfide) groups is 1. The molecule has 36 heavy (non-hydrogen) atoms. The number of para-hydroxylation sites is 1. The van der Waals surface area contributed by atoms with Gasteiger partial charge in [-0.1, -0.05) is 90.6 Å². The molecule has 0 spiro atoms. The SMILES string of the molecule is Cc1ccccc1-n1ccnc1SCC(=O)NN1C(=O)NC(c2ccccc2)(c2ccccc2)C1=O. The van der Waals surface area contributed by atoms with E-state index >= 15 is 0 Å². The Morgan fingerprint density at radius 2 is 1.56 bits per heavy atom. The first-order valence-corrected chi connectivity index (χ1v) is 12.3. The predicted molar refractivity (Wildman–Crippen MR) is 136 cm³/mol. The minimum Gasteiger partial charge on any atom is -0.314 e. The number of imidazole rings is 1. The number of rotatable bonds is 7. The number of imide groups is 1. The number of amides is 4. The average molecular weight is 498 g/mol. The number of hydrogen-bond acceptors (Lipinski definition) is 5. The molecule has 0 aliphatic carbocycles. The van der Waals surface area contributed by atoms with Crippen molar-refractivity contribution in [1.82, 2.24) is 25.3 Å². The summed E-state index contributed by atoms with van der Waals surface area (Å²) in [6.07, 6.45) is 3.49. The van der Waals surface area contributed by atoms with Crippen molar-refractivity contribution < 1.29 is 14.4 Å². The summed E-state index contributed by atoms with van der Waals surface area (Å²) in [4.78, 5) is 43.8. The molecule has 2 N–H and O–H groups in total. The third-order valence-corrected chi connectivity index (χ3v) is 6.95. The van der Waals surface area contributed by atoms with Crippen molar-refractivity contribution in [3.8, 4) is 5.69 Å². The quantitative estimate of drug-likeness (QED) is 0.299. The number of carbonyl (C=O) groups is 3. The van der Waals surface area contributed by atoms with E-state index in [-0.39, 0.29) is 5.75 Å². The zero-order chi connectivity index (χ0) is 25.1. The van der Waals surface area contributed by atoms with Gasteiger partial charge in [0.05, 0.1) is 11.4 Å². The molecule has 1 aliphatic rings. The van der Waals surface area contributed by atoms with E-state index in [1.54, 1.807) is 54.7 Å². The van der Waals surface area contributed by atoms with Crippen molar-refractivity contribution in [2.75, 3.05) is 5.75 Å². The van der Waals surface area contributed by atoms with Crippen LogP contribution in [-0.2, 0) is 15.1 Å². The van der Waals surface area contributed by atoms with Gasteiger partial charge in [-0.05, 0) is 29.7 Å². The number of urea groups is 1. The van der Waals surface area contributed by atoms with Crippen LogP contribution in [0.5, 0.6) is 0 Å². The summed E-state index contributed by atoms with van der Waals surface area (Å²) in [5, 5.41) is 4.20. The Morgan fingerprint density at radius 3 is 2.19 bits per heavy atom. The van der Waals surface area contributed by atoms with Gasteiger partial charge in [0.1, 0.15) is 0 Å². The largest absolute Gasteiger partial charge is 0.344 e. The number of nitrogens with zero attached hydrogens (tertiary/aromatic N) is 3. The van der Waals surface area contributed by atoms with Gasteiger partial charge in [-0.3, -0.25) is 19.6 Å². The fourth-order valence-electron chi connectivity index (χ4n) is 4.27. The summed E-state index contributed by atoms with van der Waals surface area (Å²) in [7, 11) is 0. The molecule has 0 saturated carbocycles. The summed E-state index contributed by atoms with van der Waals surface area (Å²) in [6.45, 7) is 2.00. The van der Waals surface area contributed by atoms with Gasteiger partial charge in [-0.25, -0.2) is 9.78 Å². The second-order valence-corrected chi connectivity index (χ2v) is 9.19. The monoisotopic (exact) mass is 497 g/mol. The van der Waals surface area contributed by atoms with E-state index in [4.69, 9.17) is 0 Å². The molecule has 0 bridgehead atoms. The topological polar surface area (TPSA) is 96.3 Å². The van der Waals surface area contributed by atoms with Crippen molar-refractivity contribution in [3.05, 3.63) is 114 Å². The van der Waals surface area contributed by atoms with Gasteiger partial charge < -0.3 is 5.32 Å². The zero-order valence-corrected chi connectivity index (χ0v) is 20.2. The van der Waals surface area contributed by atoms with Crippen LogP contribution in [0.1, 0.15) is 16.7 Å². The van der Waals surface area contributed by atoms with E-state index in [1.165, 1.54) is 11.8 Å². The highest BCUT2D eigenvalue weighted by Crippen LogP contribution is 2.35. The van der Waals surface area contributed by atoms with E-state index in [0.29, 0.717) is 16.3 Å². The van der Waals surface area contributed by atoms with Crippen LogP contribution in [0, 0.1) is 6.92 Å². The molecule has 3 aromatic carbocycles. The lowest BCUT2D eigenvalue weighted by Gasteiger charge is -2.27. The molecule has 4 aromatic rings. The Hall–Kier alpha value is -4.37. The Kier molecular flexibility index (Phi) is 6.30. The molecule has 1 aliphatic heterocycles. The summed E-state index contributed by atoms with van der Waals surface area (Å²) < 4.78 is 1.90. The predicted octanol–water partition coefficient (Wildman–Crippen LogP) is 3.80. The molecule has 9 heteroatoms. The van der Waals surface area contributed by atoms with E-state index < -0.39 is 23.4 Å². The van der Waals surface area contributed by atoms with Crippen LogP contribution in [0.4, 0.5) is 4.79 Å². The lowest BCUT2D eigenvalue weighted by atomic mass is 9.83. The molecule has 5 rings (SSSR count). The van der Waals surface area contributed by atoms with Gasteiger partial charge in [0.2, 0.25) is 5.91 Å². The lowest BCUT2D eigenvalue weighted by molar-refractivity contribution is -0.137. The first-order chi connectivity index (χ1) is 17.5. The fourth-order valence-corrected chi connectivity index (χ4v) is 5.02. The van der Waals surface area contributed by atoms with Crippen LogP contribution in [-0.4, -0.2) is 38.2 Å². The first kappa shape index (κ1) is 23.4. The Bertz CT molecular complexity index is 1380. The minimum absolute atomic E-state index is 0.0381. The summed E-state index contributed by atoms with van der Waals surface area (Å²) in [5.41, 5.74) is 4.26. The van der Waals surface area contributed by atoms with Crippen molar-refractivity contribution in [2.45, 2.75) is 17.6 Å². The molecule has 1 fully saturated rings. The van der Waals surface area contributed by atoms with Crippen LogP contribution in [0.2, 0.25) is 0 Å². The molecule has 2 heterocycles. The second-order valence-electron chi connectivity index (χ2n) is 8.24. The van der Waals surface area contributed by atoms with Gasteiger partial charge in [0.25, 0.3) is 5.91 Å². The number of benzene rings is 3. The molecule has 0 unspecified atom stereocenters. The fraction of sp³-hybridized carbons (Fsp3) is 0.111. The maximum absolute atomic E-state index is 13.7. The van der Waals surface area contributed by atoms with Gasteiger partial charge >= 0.3 is 6.03 Å². The molecule has 8 nitrogen and oxygen atoms in total. The number of aromatic nitrogens is 2. The molecule has 4 amide bonds. The van der Waals surface area contributed by atoms with Gasteiger partial charge in [-0.15, -0.1) is 0 Å². The molecule has 0 radical (unpaired) electrons. The van der Waals surface area contributed by atoms with Gasteiger partial charge in [-0.2, -0.15) is 5.01 Å². The summed E-state index contributed by atoms with van der Waals surface area (Å²) >= 11 is 1.21. The van der Waals surface area contributed by atoms with Crippen LogP contribution in [0.25, 0.3) is 5.69 Å². The normalized spacial score (nSPS) is 14.5. The van der Waals surface area contributed by atoms with Crippen molar-refractivity contribution in [2.24, 2.45) is 0 Å². The molecule has 0 atom stereocenters. The molecule has 1 saturated heterocycles. The first-order valence-electron chi connectivity index (χ1n) is 11.3. The lowest BCUT2D eigenvalue weighted by Crippen LogP contribution is -2.49. The molecule has 1 aromatic heterocycles.